The number of carbonyl (C=O) groups excluding carboxylic acids is 1. The van der Waals surface area contributed by atoms with Gasteiger partial charge in [0.15, 0.2) is 0 Å². The minimum atomic E-state index is -0.746. The van der Waals surface area contributed by atoms with E-state index in [-0.39, 0.29) is 16.9 Å². The van der Waals surface area contributed by atoms with Crippen LogP contribution in [-0.4, -0.2) is 16.9 Å². The van der Waals surface area contributed by atoms with Crippen molar-refractivity contribution in [1.29, 1.82) is 0 Å². The SMILES string of the molecule is CCC(C)(C(=O)NC1Cc2ccccc2C1)C(N)=S. The van der Waals surface area contributed by atoms with Gasteiger partial charge in [-0.2, -0.15) is 0 Å². The van der Waals surface area contributed by atoms with E-state index in [0.717, 1.165) is 12.8 Å². The number of benzene rings is 1. The highest BCUT2D eigenvalue weighted by molar-refractivity contribution is 7.80. The minimum Gasteiger partial charge on any atom is -0.392 e. The number of hydrogen-bond acceptors (Lipinski definition) is 2. The van der Waals surface area contributed by atoms with Gasteiger partial charge in [0.1, 0.15) is 0 Å². The Labute approximate surface area is 119 Å². The summed E-state index contributed by atoms with van der Waals surface area (Å²) >= 11 is 5.03. The fourth-order valence-corrected chi connectivity index (χ4v) is 2.69. The quantitative estimate of drug-likeness (QED) is 0.827. The molecule has 1 aliphatic rings. The van der Waals surface area contributed by atoms with Gasteiger partial charge in [-0.05, 0) is 37.3 Å². The Morgan fingerprint density at radius 3 is 2.37 bits per heavy atom. The van der Waals surface area contributed by atoms with Gasteiger partial charge in [0.25, 0.3) is 0 Å². The monoisotopic (exact) mass is 276 g/mol. The Morgan fingerprint density at radius 1 is 1.42 bits per heavy atom. The summed E-state index contributed by atoms with van der Waals surface area (Å²) in [4.78, 5) is 12.6. The van der Waals surface area contributed by atoms with E-state index in [1.54, 1.807) is 0 Å². The molecule has 1 aromatic rings. The third-order valence-electron chi connectivity index (χ3n) is 4.14. The third kappa shape index (κ3) is 2.63. The summed E-state index contributed by atoms with van der Waals surface area (Å²) in [5.74, 6) is -0.0553. The Balaban J connectivity index is 2.05. The van der Waals surface area contributed by atoms with Crippen molar-refractivity contribution in [3.05, 3.63) is 35.4 Å². The molecule has 0 saturated carbocycles. The van der Waals surface area contributed by atoms with Crippen LogP contribution in [0.15, 0.2) is 24.3 Å². The summed E-state index contributed by atoms with van der Waals surface area (Å²) in [5.41, 5.74) is 7.61. The van der Waals surface area contributed by atoms with Crippen molar-refractivity contribution in [3.8, 4) is 0 Å². The second-order valence-corrected chi connectivity index (χ2v) is 5.84. The second kappa shape index (κ2) is 5.29. The molecule has 1 aliphatic carbocycles. The van der Waals surface area contributed by atoms with Crippen LogP contribution in [0.1, 0.15) is 31.4 Å². The maximum absolute atomic E-state index is 12.4. The summed E-state index contributed by atoms with van der Waals surface area (Å²) in [6.07, 6.45) is 2.39. The van der Waals surface area contributed by atoms with E-state index in [4.69, 9.17) is 18.0 Å². The molecular weight excluding hydrogens is 256 g/mol. The maximum atomic E-state index is 12.4. The van der Waals surface area contributed by atoms with Crippen LogP contribution in [0.4, 0.5) is 0 Å². The number of fused-ring (bicyclic) bond motifs is 1. The largest absolute Gasteiger partial charge is 0.392 e. The summed E-state index contributed by atoms with van der Waals surface area (Å²) in [6, 6.07) is 8.47. The number of hydrogen-bond donors (Lipinski definition) is 2. The highest BCUT2D eigenvalue weighted by Crippen LogP contribution is 2.25. The molecule has 4 heteroatoms. The van der Waals surface area contributed by atoms with Crippen molar-refractivity contribution in [2.24, 2.45) is 11.1 Å². The van der Waals surface area contributed by atoms with Crippen molar-refractivity contribution in [2.45, 2.75) is 39.2 Å². The van der Waals surface area contributed by atoms with Crippen LogP contribution >= 0.6 is 12.2 Å². The fraction of sp³-hybridized carbons (Fsp3) is 0.467. The molecule has 19 heavy (non-hydrogen) atoms. The first kappa shape index (κ1) is 14.0. The first-order valence-corrected chi connectivity index (χ1v) is 7.06. The Hall–Kier alpha value is -1.42. The molecule has 0 fully saturated rings. The van der Waals surface area contributed by atoms with Gasteiger partial charge in [0, 0.05) is 6.04 Å². The number of amides is 1. The summed E-state index contributed by atoms with van der Waals surface area (Å²) < 4.78 is 0. The zero-order valence-electron chi connectivity index (χ0n) is 11.4. The van der Waals surface area contributed by atoms with Crippen LogP contribution in [-0.2, 0) is 17.6 Å². The third-order valence-corrected chi connectivity index (χ3v) is 4.59. The molecule has 0 radical (unpaired) electrons. The minimum absolute atomic E-state index is 0.0553. The van der Waals surface area contributed by atoms with Crippen LogP contribution in [0.3, 0.4) is 0 Å². The average Bonchev–Trinajstić information content (AvgIpc) is 2.79. The number of rotatable bonds is 4. The van der Waals surface area contributed by atoms with Crippen LogP contribution in [0.2, 0.25) is 0 Å². The van der Waals surface area contributed by atoms with Gasteiger partial charge in [-0.1, -0.05) is 43.4 Å². The van der Waals surface area contributed by atoms with Crippen molar-refractivity contribution in [3.63, 3.8) is 0 Å². The lowest BCUT2D eigenvalue weighted by molar-refractivity contribution is -0.127. The smallest absolute Gasteiger partial charge is 0.232 e. The molecule has 0 spiro atoms. The zero-order chi connectivity index (χ0) is 14.0. The maximum Gasteiger partial charge on any atom is 0.232 e. The number of thiocarbonyl (C=S) groups is 1. The highest BCUT2D eigenvalue weighted by Gasteiger charge is 2.36. The Kier molecular flexibility index (Phi) is 3.90. The molecule has 3 N–H and O–H groups in total. The molecule has 1 aromatic carbocycles. The molecule has 1 unspecified atom stereocenters. The lowest BCUT2D eigenvalue weighted by atomic mass is 9.86. The predicted octanol–water partition coefficient (Wildman–Crippen LogP) is 1.97. The molecule has 2 rings (SSSR count). The van der Waals surface area contributed by atoms with Crippen molar-refractivity contribution in [1.82, 2.24) is 5.32 Å². The molecule has 102 valence electrons. The number of nitrogens with two attached hydrogens (primary N) is 1. The van der Waals surface area contributed by atoms with Crippen molar-refractivity contribution < 1.29 is 4.79 Å². The van der Waals surface area contributed by atoms with Crippen molar-refractivity contribution >= 4 is 23.1 Å². The molecular formula is C15H20N2OS. The van der Waals surface area contributed by atoms with Gasteiger partial charge >= 0.3 is 0 Å². The van der Waals surface area contributed by atoms with E-state index in [0.29, 0.717) is 6.42 Å². The molecule has 0 aliphatic heterocycles. The average molecular weight is 276 g/mol. The summed E-state index contributed by atoms with van der Waals surface area (Å²) in [7, 11) is 0. The molecule has 0 aromatic heterocycles. The lowest BCUT2D eigenvalue weighted by Crippen LogP contribution is -2.50. The first-order valence-electron chi connectivity index (χ1n) is 6.65. The summed E-state index contributed by atoms with van der Waals surface area (Å²) in [5, 5.41) is 3.09. The molecule has 0 saturated heterocycles. The van der Waals surface area contributed by atoms with E-state index in [2.05, 4.69) is 17.4 Å². The van der Waals surface area contributed by atoms with E-state index < -0.39 is 5.41 Å². The normalized spacial score (nSPS) is 17.6. The second-order valence-electron chi connectivity index (χ2n) is 5.40. The van der Waals surface area contributed by atoms with Gasteiger partial charge < -0.3 is 11.1 Å². The molecule has 0 bridgehead atoms. The van der Waals surface area contributed by atoms with Crippen LogP contribution < -0.4 is 11.1 Å². The summed E-state index contributed by atoms with van der Waals surface area (Å²) in [6.45, 7) is 3.74. The number of nitrogens with one attached hydrogen (secondary N) is 1. The standard InChI is InChI=1S/C15H20N2OS/c1-3-15(2,13(16)19)14(18)17-12-8-10-6-4-5-7-11(10)9-12/h4-7,12H,3,8-9H2,1-2H3,(H2,16,19)(H,17,18). The highest BCUT2D eigenvalue weighted by atomic mass is 32.1. The first-order chi connectivity index (χ1) is 8.97. The van der Waals surface area contributed by atoms with Gasteiger partial charge in [0.05, 0.1) is 10.4 Å². The lowest BCUT2D eigenvalue weighted by Gasteiger charge is -2.27. The van der Waals surface area contributed by atoms with E-state index in [1.165, 1.54) is 11.1 Å². The van der Waals surface area contributed by atoms with Crippen LogP contribution in [0.5, 0.6) is 0 Å². The van der Waals surface area contributed by atoms with Crippen LogP contribution in [0, 0.1) is 5.41 Å². The van der Waals surface area contributed by atoms with Crippen molar-refractivity contribution in [2.75, 3.05) is 0 Å². The fourth-order valence-electron chi connectivity index (χ4n) is 2.45. The van der Waals surface area contributed by atoms with E-state index in [9.17, 15) is 4.79 Å². The number of carbonyl (C=O) groups is 1. The molecule has 1 atom stereocenters. The Bertz CT molecular complexity index is 490. The topological polar surface area (TPSA) is 55.1 Å². The van der Waals surface area contributed by atoms with Gasteiger partial charge in [-0.3, -0.25) is 4.79 Å². The molecule has 1 amide bonds. The van der Waals surface area contributed by atoms with E-state index in [1.807, 2.05) is 26.0 Å². The molecule has 3 nitrogen and oxygen atoms in total. The van der Waals surface area contributed by atoms with Gasteiger partial charge in [0.2, 0.25) is 5.91 Å². The predicted molar refractivity (Wildman–Crippen MR) is 81.0 cm³/mol. The van der Waals surface area contributed by atoms with Gasteiger partial charge in [-0.15, -0.1) is 0 Å². The van der Waals surface area contributed by atoms with Gasteiger partial charge in [-0.25, -0.2) is 0 Å². The van der Waals surface area contributed by atoms with Crippen LogP contribution in [0.25, 0.3) is 0 Å². The van der Waals surface area contributed by atoms with E-state index >= 15 is 0 Å². The zero-order valence-corrected chi connectivity index (χ0v) is 12.2. The Morgan fingerprint density at radius 2 is 1.95 bits per heavy atom. The molecule has 0 heterocycles.